The van der Waals surface area contributed by atoms with Gasteiger partial charge in [-0.2, -0.15) is 13.2 Å². The molecule has 1 aromatic rings. The lowest BCUT2D eigenvalue weighted by Crippen LogP contribution is -2.37. The van der Waals surface area contributed by atoms with E-state index in [9.17, 15) is 33.4 Å². The van der Waals surface area contributed by atoms with Crippen molar-refractivity contribution in [1.82, 2.24) is 0 Å². The van der Waals surface area contributed by atoms with Gasteiger partial charge in [0, 0.05) is 19.2 Å². The number of ether oxygens (including phenoxy) is 1. The van der Waals surface area contributed by atoms with Gasteiger partial charge in [-0.05, 0) is 0 Å². The number of alkyl halides is 3. The summed E-state index contributed by atoms with van der Waals surface area (Å²) in [5.74, 6) is 0. The molecule has 0 aliphatic carbocycles. The lowest BCUT2D eigenvalue weighted by molar-refractivity contribution is -0.393. The maximum Gasteiger partial charge on any atom is 0.418 e. The van der Waals surface area contributed by atoms with Gasteiger partial charge in [0.05, 0.1) is 28.6 Å². The van der Waals surface area contributed by atoms with E-state index in [1.807, 2.05) is 0 Å². The van der Waals surface area contributed by atoms with Crippen molar-refractivity contribution in [3.05, 3.63) is 36.9 Å². The highest BCUT2D eigenvalue weighted by molar-refractivity contribution is 6.34. The summed E-state index contributed by atoms with van der Waals surface area (Å²) < 4.78 is 43.9. The van der Waals surface area contributed by atoms with Gasteiger partial charge < -0.3 is 9.64 Å². The van der Waals surface area contributed by atoms with Crippen molar-refractivity contribution >= 4 is 28.7 Å². The number of rotatable bonds is 3. The second-order valence-electron chi connectivity index (χ2n) is 4.57. The number of nitro groups is 2. The Morgan fingerprint density at radius 2 is 1.74 bits per heavy atom. The monoisotopic (exact) mass is 355 g/mol. The number of benzene rings is 1. The number of anilines is 1. The number of hydrogen-bond acceptors (Lipinski definition) is 6. The van der Waals surface area contributed by atoms with E-state index in [1.54, 1.807) is 0 Å². The van der Waals surface area contributed by atoms with Crippen molar-refractivity contribution in [2.24, 2.45) is 0 Å². The zero-order chi connectivity index (χ0) is 17.4. The molecule has 0 bridgehead atoms. The van der Waals surface area contributed by atoms with Crippen LogP contribution in [0.2, 0.25) is 5.02 Å². The minimum absolute atomic E-state index is 0.0589. The van der Waals surface area contributed by atoms with Gasteiger partial charge in [-0.3, -0.25) is 20.2 Å². The summed E-state index contributed by atoms with van der Waals surface area (Å²) in [5.41, 5.74) is -4.30. The molecule has 126 valence electrons. The van der Waals surface area contributed by atoms with E-state index < -0.39 is 43.7 Å². The fourth-order valence-corrected chi connectivity index (χ4v) is 2.55. The van der Waals surface area contributed by atoms with Crippen molar-refractivity contribution in [3.8, 4) is 0 Å². The van der Waals surface area contributed by atoms with Gasteiger partial charge in [0.1, 0.15) is 5.02 Å². The minimum Gasteiger partial charge on any atom is -0.378 e. The third kappa shape index (κ3) is 3.29. The van der Waals surface area contributed by atoms with Crippen molar-refractivity contribution in [2.75, 3.05) is 31.2 Å². The molecule has 0 N–H and O–H groups in total. The third-order valence-electron chi connectivity index (χ3n) is 3.20. The van der Waals surface area contributed by atoms with Crippen LogP contribution >= 0.6 is 11.6 Å². The first-order valence-electron chi connectivity index (χ1n) is 6.19. The van der Waals surface area contributed by atoms with Crippen LogP contribution in [-0.2, 0) is 10.9 Å². The fraction of sp³-hybridized carbons (Fsp3) is 0.455. The molecule has 0 spiro atoms. The summed E-state index contributed by atoms with van der Waals surface area (Å²) in [4.78, 5) is 21.3. The Bertz CT molecular complexity index is 661. The molecule has 12 heteroatoms. The molecule has 1 aromatic carbocycles. The summed E-state index contributed by atoms with van der Waals surface area (Å²) in [7, 11) is 0. The zero-order valence-corrected chi connectivity index (χ0v) is 12.1. The Morgan fingerprint density at radius 1 is 1.17 bits per heavy atom. The molecule has 0 unspecified atom stereocenters. The van der Waals surface area contributed by atoms with Crippen LogP contribution in [-0.4, -0.2) is 36.1 Å². The predicted molar refractivity (Wildman–Crippen MR) is 72.8 cm³/mol. The molecule has 0 aromatic heterocycles. The highest BCUT2D eigenvalue weighted by atomic mass is 35.5. The van der Waals surface area contributed by atoms with E-state index in [0.29, 0.717) is 0 Å². The van der Waals surface area contributed by atoms with Crippen LogP contribution < -0.4 is 4.90 Å². The summed E-state index contributed by atoms with van der Waals surface area (Å²) in [6, 6.07) is 0.222. The van der Waals surface area contributed by atoms with Gasteiger partial charge in [-0.25, -0.2) is 0 Å². The maximum atomic E-state index is 12.9. The Morgan fingerprint density at radius 3 is 2.17 bits per heavy atom. The van der Waals surface area contributed by atoms with Gasteiger partial charge in [-0.1, -0.05) is 11.6 Å². The van der Waals surface area contributed by atoms with Gasteiger partial charge in [0.25, 0.3) is 5.69 Å². The van der Waals surface area contributed by atoms with Crippen molar-refractivity contribution < 1.29 is 27.8 Å². The second-order valence-corrected chi connectivity index (χ2v) is 4.94. The minimum atomic E-state index is -5.06. The number of hydrogen-bond donors (Lipinski definition) is 0. The molecule has 8 nitrogen and oxygen atoms in total. The fourth-order valence-electron chi connectivity index (χ4n) is 2.23. The topological polar surface area (TPSA) is 98.8 Å². The van der Waals surface area contributed by atoms with Crippen LogP contribution in [0, 0.1) is 20.2 Å². The molecular formula is C11H9ClF3N3O5. The lowest BCUT2D eigenvalue weighted by Gasteiger charge is -2.28. The summed E-state index contributed by atoms with van der Waals surface area (Å²) in [6.07, 6.45) is -5.06. The summed E-state index contributed by atoms with van der Waals surface area (Å²) in [6.45, 7) is 0.382. The van der Waals surface area contributed by atoms with E-state index in [2.05, 4.69) is 0 Å². The molecule has 2 rings (SSSR count). The van der Waals surface area contributed by atoms with E-state index in [-0.39, 0.29) is 32.4 Å². The summed E-state index contributed by atoms with van der Waals surface area (Å²) in [5, 5.41) is 21.2. The van der Waals surface area contributed by atoms with Crippen LogP contribution in [0.1, 0.15) is 5.56 Å². The van der Waals surface area contributed by atoms with Crippen LogP contribution in [0.4, 0.5) is 30.2 Å². The van der Waals surface area contributed by atoms with Crippen LogP contribution in [0.25, 0.3) is 0 Å². The van der Waals surface area contributed by atoms with Crippen molar-refractivity contribution in [2.45, 2.75) is 6.18 Å². The Kier molecular flexibility index (Phi) is 4.61. The molecule has 0 radical (unpaired) electrons. The lowest BCUT2D eigenvalue weighted by atomic mass is 10.1. The van der Waals surface area contributed by atoms with E-state index >= 15 is 0 Å². The molecule has 1 aliphatic rings. The van der Waals surface area contributed by atoms with Gasteiger partial charge in [0.2, 0.25) is 0 Å². The molecular weight excluding hydrogens is 347 g/mol. The average Bonchev–Trinajstić information content (AvgIpc) is 2.45. The first-order chi connectivity index (χ1) is 10.6. The van der Waals surface area contributed by atoms with Gasteiger partial charge >= 0.3 is 11.9 Å². The van der Waals surface area contributed by atoms with E-state index in [0.717, 1.165) is 0 Å². The van der Waals surface area contributed by atoms with E-state index in [1.165, 1.54) is 4.90 Å². The Labute approximate surface area is 131 Å². The van der Waals surface area contributed by atoms with Crippen LogP contribution in [0.3, 0.4) is 0 Å². The molecule has 1 fully saturated rings. The molecule has 23 heavy (non-hydrogen) atoms. The standard InChI is InChI=1S/C11H9ClF3N3O5/c12-8-6(11(13,14)15)5-7(17(19)20)9(10(8)18(21)22)16-1-3-23-4-2-16/h5H,1-4H2. The maximum absolute atomic E-state index is 12.9. The Balaban J connectivity index is 2.79. The highest BCUT2D eigenvalue weighted by Gasteiger charge is 2.43. The predicted octanol–water partition coefficient (Wildman–Crippen LogP) is 3.01. The van der Waals surface area contributed by atoms with Crippen LogP contribution in [0.15, 0.2) is 6.07 Å². The highest BCUT2D eigenvalue weighted by Crippen LogP contribution is 2.49. The quantitative estimate of drug-likeness (QED) is 0.610. The normalized spacial score (nSPS) is 15.6. The van der Waals surface area contributed by atoms with Crippen molar-refractivity contribution in [1.29, 1.82) is 0 Å². The second kappa shape index (κ2) is 6.16. The first-order valence-corrected chi connectivity index (χ1v) is 6.57. The Hall–Kier alpha value is -2.14. The van der Waals surface area contributed by atoms with Crippen LogP contribution in [0.5, 0.6) is 0 Å². The van der Waals surface area contributed by atoms with Gasteiger partial charge in [0.15, 0.2) is 5.69 Å². The number of morpholine rings is 1. The molecule has 1 aliphatic heterocycles. The molecule has 1 saturated heterocycles. The third-order valence-corrected chi connectivity index (χ3v) is 3.59. The smallest absolute Gasteiger partial charge is 0.378 e. The molecule has 0 saturated carbocycles. The molecule has 0 amide bonds. The number of nitrogens with zero attached hydrogens (tertiary/aromatic N) is 3. The average molecular weight is 356 g/mol. The molecule has 1 heterocycles. The SMILES string of the molecule is O=[N+]([O-])c1cc(C(F)(F)F)c(Cl)c([N+](=O)[O-])c1N1CCOCC1. The number of nitro benzene ring substituents is 2. The molecule has 0 atom stereocenters. The van der Waals surface area contributed by atoms with E-state index in [4.69, 9.17) is 16.3 Å². The van der Waals surface area contributed by atoms with Crippen molar-refractivity contribution in [3.63, 3.8) is 0 Å². The summed E-state index contributed by atoms with van der Waals surface area (Å²) >= 11 is 5.55. The first kappa shape index (κ1) is 17.2. The van der Waals surface area contributed by atoms with Gasteiger partial charge in [-0.15, -0.1) is 0 Å². The largest absolute Gasteiger partial charge is 0.418 e. The zero-order valence-electron chi connectivity index (χ0n) is 11.3. The number of halogens is 4.